The molecule has 2 nitrogen and oxygen atoms in total. The first-order chi connectivity index (χ1) is 3.64. The SMILES string of the molecule is OC1=C(O)C(S)=C1S. The van der Waals surface area contributed by atoms with E-state index >= 15 is 0 Å². The molecule has 1 rings (SSSR count). The van der Waals surface area contributed by atoms with E-state index in [2.05, 4.69) is 25.3 Å². The van der Waals surface area contributed by atoms with E-state index in [1.165, 1.54) is 0 Å². The van der Waals surface area contributed by atoms with Crippen LogP contribution in [0.1, 0.15) is 0 Å². The first-order valence-corrected chi connectivity index (χ1v) is 2.79. The average molecular weight is 148 g/mol. The molecular weight excluding hydrogens is 144 g/mol. The summed E-state index contributed by atoms with van der Waals surface area (Å²) in [6.45, 7) is 0. The Kier molecular flexibility index (Phi) is 1.21. The van der Waals surface area contributed by atoms with Crippen LogP contribution in [-0.4, -0.2) is 10.2 Å². The van der Waals surface area contributed by atoms with Gasteiger partial charge in [0.05, 0.1) is 9.81 Å². The van der Waals surface area contributed by atoms with Crippen LogP contribution in [0.25, 0.3) is 0 Å². The van der Waals surface area contributed by atoms with Gasteiger partial charge in [-0.05, 0) is 0 Å². The van der Waals surface area contributed by atoms with Crippen molar-refractivity contribution in [3.63, 3.8) is 0 Å². The predicted octanol–water partition coefficient (Wildman–Crippen LogP) is 1.40. The Morgan fingerprint density at radius 1 is 0.875 bits per heavy atom. The third kappa shape index (κ3) is 0.530. The molecule has 44 valence electrons. The van der Waals surface area contributed by atoms with E-state index in [-0.39, 0.29) is 11.5 Å². The Morgan fingerprint density at radius 2 is 1.12 bits per heavy atom. The molecule has 0 saturated heterocycles. The van der Waals surface area contributed by atoms with Crippen LogP contribution in [0.15, 0.2) is 21.3 Å². The Labute approximate surface area is 57.3 Å². The molecule has 1 aliphatic rings. The van der Waals surface area contributed by atoms with Crippen molar-refractivity contribution in [1.82, 2.24) is 0 Å². The molecule has 0 fully saturated rings. The highest BCUT2D eigenvalue weighted by Gasteiger charge is 2.23. The molecule has 0 radical (unpaired) electrons. The zero-order valence-corrected chi connectivity index (χ0v) is 5.58. The molecule has 0 spiro atoms. The molecule has 0 aromatic carbocycles. The molecule has 0 atom stereocenters. The van der Waals surface area contributed by atoms with Crippen LogP contribution in [0.2, 0.25) is 0 Å². The molecule has 0 saturated carbocycles. The maximum Gasteiger partial charge on any atom is 0.173 e. The fraction of sp³-hybridized carbons (Fsp3) is 0. The third-order valence-corrected chi connectivity index (χ3v) is 1.94. The van der Waals surface area contributed by atoms with Crippen molar-refractivity contribution in [2.75, 3.05) is 0 Å². The van der Waals surface area contributed by atoms with E-state index in [1.807, 2.05) is 0 Å². The molecule has 0 bridgehead atoms. The maximum atomic E-state index is 8.60. The lowest BCUT2D eigenvalue weighted by Gasteiger charge is -2.14. The van der Waals surface area contributed by atoms with Gasteiger partial charge in [0, 0.05) is 0 Å². The molecule has 0 unspecified atom stereocenters. The van der Waals surface area contributed by atoms with Gasteiger partial charge in [-0.2, -0.15) is 0 Å². The monoisotopic (exact) mass is 148 g/mol. The molecular formula is C4H4O2S2. The number of hydrogen-bond donors (Lipinski definition) is 4. The topological polar surface area (TPSA) is 40.5 Å². The van der Waals surface area contributed by atoms with Gasteiger partial charge < -0.3 is 10.2 Å². The minimum atomic E-state index is -0.168. The molecule has 0 amide bonds. The number of aliphatic hydroxyl groups excluding tert-OH is 2. The van der Waals surface area contributed by atoms with Crippen molar-refractivity contribution >= 4 is 25.3 Å². The summed E-state index contributed by atoms with van der Waals surface area (Å²) in [5.74, 6) is -0.336. The normalized spacial score (nSPS) is 19.2. The van der Waals surface area contributed by atoms with E-state index in [0.717, 1.165) is 0 Å². The Hall–Kier alpha value is -0.220. The summed E-state index contributed by atoms with van der Waals surface area (Å²) in [4.78, 5) is 0.705. The van der Waals surface area contributed by atoms with Crippen LogP contribution >= 0.6 is 25.3 Å². The zero-order chi connectivity index (χ0) is 6.31. The van der Waals surface area contributed by atoms with Crippen molar-refractivity contribution in [1.29, 1.82) is 0 Å². The van der Waals surface area contributed by atoms with Crippen molar-refractivity contribution < 1.29 is 10.2 Å². The van der Waals surface area contributed by atoms with E-state index in [9.17, 15) is 0 Å². The molecule has 0 aromatic heterocycles. The molecule has 0 heterocycles. The molecule has 0 aromatic rings. The van der Waals surface area contributed by atoms with Crippen molar-refractivity contribution in [2.45, 2.75) is 0 Å². The van der Waals surface area contributed by atoms with Crippen LogP contribution in [-0.2, 0) is 0 Å². The fourth-order valence-corrected chi connectivity index (χ4v) is 0.810. The van der Waals surface area contributed by atoms with Gasteiger partial charge in [-0.3, -0.25) is 0 Å². The van der Waals surface area contributed by atoms with Gasteiger partial charge in [0.25, 0.3) is 0 Å². The lowest BCUT2D eigenvalue weighted by Crippen LogP contribution is -2.03. The van der Waals surface area contributed by atoms with Crippen molar-refractivity contribution in [2.24, 2.45) is 0 Å². The van der Waals surface area contributed by atoms with E-state index in [0.29, 0.717) is 9.81 Å². The maximum absolute atomic E-state index is 8.60. The van der Waals surface area contributed by atoms with Gasteiger partial charge in [0.2, 0.25) is 0 Å². The zero-order valence-electron chi connectivity index (χ0n) is 3.79. The van der Waals surface area contributed by atoms with Crippen LogP contribution in [0, 0.1) is 0 Å². The molecule has 4 heteroatoms. The summed E-state index contributed by atoms with van der Waals surface area (Å²) in [5.41, 5.74) is 0. The minimum Gasteiger partial charge on any atom is -0.503 e. The highest BCUT2D eigenvalue weighted by molar-refractivity contribution is 7.89. The predicted molar refractivity (Wildman–Crippen MR) is 37.3 cm³/mol. The largest absolute Gasteiger partial charge is 0.503 e. The second-order valence-electron chi connectivity index (χ2n) is 1.39. The van der Waals surface area contributed by atoms with Gasteiger partial charge in [-0.1, -0.05) is 0 Å². The fourth-order valence-electron chi connectivity index (χ4n) is 0.386. The first-order valence-electron chi connectivity index (χ1n) is 1.89. The van der Waals surface area contributed by atoms with Gasteiger partial charge in [-0.15, -0.1) is 25.3 Å². The second kappa shape index (κ2) is 1.63. The van der Waals surface area contributed by atoms with E-state index in [1.54, 1.807) is 0 Å². The Morgan fingerprint density at radius 3 is 1.25 bits per heavy atom. The Balaban J connectivity index is 2.86. The van der Waals surface area contributed by atoms with Crippen LogP contribution < -0.4 is 0 Å². The highest BCUT2D eigenvalue weighted by Crippen LogP contribution is 2.35. The van der Waals surface area contributed by atoms with Gasteiger partial charge in [-0.25, -0.2) is 0 Å². The number of hydrogen-bond acceptors (Lipinski definition) is 4. The van der Waals surface area contributed by atoms with Crippen LogP contribution in [0.3, 0.4) is 0 Å². The van der Waals surface area contributed by atoms with Crippen molar-refractivity contribution in [3.8, 4) is 0 Å². The first kappa shape index (κ1) is 5.91. The number of thiol groups is 2. The van der Waals surface area contributed by atoms with Crippen molar-refractivity contribution in [3.05, 3.63) is 21.3 Å². The molecule has 0 aliphatic heterocycles. The van der Waals surface area contributed by atoms with Gasteiger partial charge in [0.1, 0.15) is 0 Å². The summed E-state index contributed by atoms with van der Waals surface area (Å²) >= 11 is 7.54. The van der Waals surface area contributed by atoms with E-state index < -0.39 is 0 Å². The lowest BCUT2D eigenvalue weighted by atomic mass is 10.2. The average Bonchev–Trinajstić information content (AvgIpc) is 1.83. The highest BCUT2D eigenvalue weighted by atomic mass is 32.1. The third-order valence-electron chi connectivity index (χ3n) is 0.897. The summed E-state index contributed by atoms with van der Waals surface area (Å²) in [5, 5.41) is 17.2. The molecule has 2 N–H and O–H groups in total. The summed E-state index contributed by atoms with van der Waals surface area (Å²) in [6, 6.07) is 0. The lowest BCUT2D eigenvalue weighted by molar-refractivity contribution is 0.334. The standard InChI is InChI=1S/C4H4O2S2/c5-1-2(6)4(8)3(1)7/h5-8H. The Bertz CT molecular complexity index is 139. The van der Waals surface area contributed by atoms with Crippen LogP contribution in [0.4, 0.5) is 0 Å². The second-order valence-corrected chi connectivity index (χ2v) is 2.29. The number of aliphatic hydroxyl groups is 2. The summed E-state index contributed by atoms with van der Waals surface area (Å²) < 4.78 is 0. The van der Waals surface area contributed by atoms with Crippen LogP contribution in [0.5, 0.6) is 0 Å². The summed E-state index contributed by atoms with van der Waals surface area (Å²) in [6.07, 6.45) is 0. The van der Waals surface area contributed by atoms with E-state index in [4.69, 9.17) is 10.2 Å². The summed E-state index contributed by atoms with van der Waals surface area (Å²) in [7, 11) is 0. The quantitative estimate of drug-likeness (QED) is 0.392. The van der Waals surface area contributed by atoms with Gasteiger partial charge in [0.15, 0.2) is 11.5 Å². The van der Waals surface area contributed by atoms with Gasteiger partial charge >= 0.3 is 0 Å². The number of rotatable bonds is 0. The minimum absolute atomic E-state index is 0.168. The smallest absolute Gasteiger partial charge is 0.173 e. The molecule has 1 aliphatic carbocycles. The molecule has 8 heavy (non-hydrogen) atoms.